The van der Waals surface area contributed by atoms with Crippen LogP contribution in [0.2, 0.25) is 0 Å². The molecule has 0 aromatic carbocycles. The van der Waals surface area contributed by atoms with Gasteiger partial charge in [0.25, 0.3) is 0 Å². The molecule has 1 N–H and O–H groups in total. The smallest absolute Gasteiger partial charge is 0.462 e. The third-order valence-corrected chi connectivity index (χ3v) is 8.54. The van der Waals surface area contributed by atoms with Crippen LogP contribution in [0, 0.1) is 0 Å². The maximum atomic E-state index is 12.6. The van der Waals surface area contributed by atoms with Crippen LogP contribution >= 0.6 is 7.82 Å². The Balaban J connectivity index is 4.62. The lowest BCUT2D eigenvalue weighted by atomic mass is 10.2. The maximum absolute atomic E-state index is 12.6. The summed E-state index contributed by atoms with van der Waals surface area (Å²) in [5.74, 6) is -0.974. The van der Waals surface area contributed by atoms with Crippen molar-refractivity contribution >= 4 is 19.8 Å². The summed E-state index contributed by atoms with van der Waals surface area (Å²) in [6.45, 7) is 3.95. The van der Waals surface area contributed by atoms with Crippen LogP contribution in [-0.2, 0) is 32.7 Å². The van der Waals surface area contributed by atoms with E-state index in [9.17, 15) is 19.0 Å². The molecule has 0 rings (SSSR count). The minimum Gasteiger partial charge on any atom is -0.462 e. The first-order valence-corrected chi connectivity index (χ1v) is 22.0. The molecule has 318 valence electrons. The molecule has 0 heterocycles. The van der Waals surface area contributed by atoms with E-state index in [2.05, 4.69) is 86.8 Å². The van der Waals surface area contributed by atoms with Gasteiger partial charge < -0.3 is 18.9 Å². The van der Waals surface area contributed by atoms with Crippen LogP contribution in [0.4, 0.5) is 0 Å². The van der Waals surface area contributed by atoms with E-state index in [1.54, 1.807) is 0 Å². The number of unbranched alkanes of at least 4 members (excludes halogenated alkanes) is 2. The van der Waals surface area contributed by atoms with Crippen molar-refractivity contribution in [1.29, 1.82) is 0 Å². The van der Waals surface area contributed by atoms with Gasteiger partial charge >= 0.3 is 19.8 Å². The number of carbonyl (C=O) groups is 2. The average molecular weight is 811 g/mol. The van der Waals surface area contributed by atoms with E-state index in [1.165, 1.54) is 0 Å². The van der Waals surface area contributed by atoms with Gasteiger partial charge in [0.2, 0.25) is 0 Å². The SMILES string of the molecule is CC/C=C/C=C/C=C/C=C/C=C/CCCC(=O)OC(COC(=O)CCC/C=C/C/C=C/C/C=C/C/C=C/C/C=C/C/C=C/CC)COP(=O)(O)OCC[N+](C)(C)C. The molecule has 0 aliphatic heterocycles. The number of allylic oxidation sites excluding steroid dienone is 22. The molecule has 0 radical (unpaired) electrons. The Kier molecular flexibility index (Phi) is 35.2. The standard InChI is InChI=1S/C47H72NO8P/c1-6-8-10-12-14-16-18-20-21-22-23-24-25-26-28-29-31-33-35-37-39-46(49)53-43-45(44-55-57(51,52)54-42-41-48(3,4)5)56-47(50)40-38-36-34-32-30-27-19-17-15-13-11-9-7-2/h8-11,13-17,19-21,23-24,26-28,30-34,45H,6-7,12,18,22,25,29,35-44H2,1-5H3/p+1/b10-8+,11-9+,15-13+,16-14+,19-17+,21-20+,24-23+,28-26+,30-27+,33-31+,34-32+. The summed E-state index contributed by atoms with van der Waals surface area (Å²) in [6, 6.07) is 0. The fourth-order valence-electron chi connectivity index (χ4n) is 4.41. The highest BCUT2D eigenvalue weighted by molar-refractivity contribution is 7.47. The van der Waals surface area contributed by atoms with Gasteiger partial charge in [0, 0.05) is 12.8 Å². The number of hydrogen-bond donors (Lipinski definition) is 1. The van der Waals surface area contributed by atoms with Gasteiger partial charge in [-0.2, -0.15) is 0 Å². The second-order valence-corrected chi connectivity index (χ2v) is 15.5. The summed E-state index contributed by atoms with van der Waals surface area (Å²) in [5, 5.41) is 0. The average Bonchev–Trinajstić information content (AvgIpc) is 3.16. The van der Waals surface area contributed by atoms with Crippen LogP contribution in [0.25, 0.3) is 0 Å². The van der Waals surface area contributed by atoms with Crippen molar-refractivity contribution in [1.82, 2.24) is 0 Å². The Morgan fingerprint density at radius 3 is 1.51 bits per heavy atom. The lowest BCUT2D eigenvalue weighted by Gasteiger charge is -2.24. The van der Waals surface area contributed by atoms with Crippen LogP contribution in [0.5, 0.6) is 0 Å². The molecule has 57 heavy (non-hydrogen) atoms. The highest BCUT2D eigenvalue weighted by Crippen LogP contribution is 2.43. The second-order valence-electron chi connectivity index (χ2n) is 14.0. The largest absolute Gasteiger partial charge is 0.472 e. The number of ether oxygens (including phenoxy) is 2. The quantitative estimate of drug-likeness (QED) is 0.0171. The molecule has 0 amide bonds. The third-order valence-electron chi connectivity index (χ3n) is 7.55. The molecule has 0 aliphatic carbocycles. The van der Waals surface area contributed by atoms with E-state index >= 15 is 0 Å². The summed E-state index contributed by atoms with van der Waals surface area (Å²) in [7, 11) is 1.37. The molecular formula is C47H73NO8P+. The van der Waals surface area contributed by atoms with E-state index in [-0.39, 0.29) is 26.1 Å². The number of phosphoric acid groups is 1. The minimum absolute atomic E-state index is 0.000168. The predicted molar refractivity (Wildman–Crippen MR) is 237 cm³/mol. The number of rotatable bonds is 34. The van der Waals surface area contributed by atoms with Crippen molar-refractivity contribution in [2.45, 2.75) is 103 Å². The second kappa shape index (κ2) is 37.7. The van der Waals surface area contributed by atoms with Crippen LogP contribution in [0.3, 0.4) is 0 Å². The summed E-state index contributed by atoms with van der Waals surface area (Å²) in [6.07, 6.45) is 53.9. The van der Waals surface area contributed by atoms with Gasteiger partial charge in [0.05, 0.1) is 27.7 Å². The van der Waals surface area contributed by atoms with Crippen molar-refractivity contribution in [3.05, 3.63) is 134 Å². The van der Waals surface area contributed by atoms with Crippen LogP contribution < -0.4 is 0 Å². The van der Waals surface area contributed by atoms with E-state index in [4.69, 9.17) is 18.5 Å². The van der Waals surface area contributed by atoms with E-state index in [1.807, 2.05) is 81.9 Å². The molecule has 2 unspecified atom stereocenters. The van der Waals surface area contributed by atoms with Crippen molar-refractivity contribution in [2.75, 3.05) is 47.5 Å². The Morgan fingerprint density at radius 2 is 1.00 bits per heavy atom. The number of phosphoric ester groups is 1. The fraction of sp³-hybridized carbons (Fsp3) is 0.489. The Hall–Kier alpha value is -3.85. The monoisotopic (exact) mass is 811 g/mol. The number of esters is 2. The molecule has 9 nitrogen and oxygen atoms in total. The molecular weight excluding hydrogens is 737 g/mol. The molecule has 0 fully saturated rings. The maximum Gasteiger partial charge on any atom is 0.472 e. The van der Waals surface area contributed by atoms with Crippen molar-refractivity contribution in [3.63, 3.8) is 0 Å². The van der Waals surface area contributed by atoms with Crippen LogP contribution in [-0.4, -0.2) is 74.9 Å². The van der Waals surface area contributed by atoms with E-state index < -0.39 is 32.5 Å². The zero-order chi connectivity index (χ0) is 42.1. The van der Waals surface area contributed by atoms with Gasteiger partial charge in [-0.1, -0.05) is 148 Å². The van der Waals surface area contributed by atoms with Crippen molar-refractivity contribution < 1.29 is 42.1 Å². The van der Waals surface area contributed by atoms with Gasteiger partial charge in [-0.15, -0.1) is 0 Å². The highest BCUT2D eigenvalue weighted by atomic mass is 31.2. The van der Waals surface area contributed by atoms with Crippen LogP contribution in [0.1, 0.15) is 97.3 Å². The van der Waals surface area contributed by atoms with Crippen molar-refractivity contribution in [3.8, 4) is 0 Å². The fourth-order valence-corrected chi connectivity index (χ4v) is 5.15. The van der Waals surface area contributed by atoms with Crippen LogP contribution in [0.15, 0.2) is 134 Å². The Bertz CT molecular complexity index is 1420. The highest BCUT2D eigenvalue weighted by Gasteiger charge is 2.27. The van der Waals surface area contributed by atoms with Gasteiger partial charge in [0.1, 0.15) is 19.8 Å². The number of likely N-dealkylation sites (N-methyl/N-ethyl adjacent to an activating group) is 1. The van der Waals surface area contributed by atoms with Gasteiger partial charge in [-0.25, -0.2) is 4.57 Å². The summed E-state index contributed by atoms with van der Waals surface area (Å²) in [5.41, 5.74) is 0. The lowest BCUT2D eigenvalue weighted by molar-refractivity contribution is -0.870. The molecule has 0 spiro atoms. The molecule has 0 bridgehead atoms. The normalized spacial score (nSPS) is 15.0. The van der Waals surface area contributed by atoms with Gasteiger partial charge in [-0.3, -0.25) is 18.6 Å². The molecule has 0 aromatic rings. The number of nitrogens with zero attached hydrogens (tertiary/aromatic N) is 1. The van der Waals surface area contributed by atoms with Gasteiger partial charge in [0.15, 0.2) is 6.10 Å². The molecule has 2 atom stereocenters. The lowest BCUT2D eigenvalue weighted by Crippen LogP contribution is -2.37. The molecule has 0 aliphatic rings. The first-order valence-electron chi connectivity index (χ1n) is 20.5. The summed E-state index contributed by atoms with van der Waals surface area (Å²) < 4.78 is 34.0. The first-order chi connectivity index (χ1) is 27.5. The Morgan fingerprint density at radius 1 is 0.561 bits per heavy atom. The number of hydrogen-bond acceptors (Lipinski definition) is 7. The number of quaternary nitrogens is 1. The zero-order valence-corrected chi connectivity index (χ0v) is 36.4. The zero-order valence-electron chi connectivity index (χ0n) is 35.5. The summed E-state index contributed by atoms with van der Waals surface area (Å²) in [4.78, 5) is 35.2. The first kappa shape index (κ1) is 53.1. The van der Waals surface area contributed by atoms with E-state index in [0.29, 0.717) is 30.3 Å². The predicted octanol–water partition coefficient (Wildman–Crippen LogP) is 11.5. The molecule has 10 heteroatoms. The van der Waals surface area contributed by atoms with Gasteiger partial charge in [-0.05, 0) is 70.6 Å². The molecule has 0 aromatic heterocycles. The van der Waals surface area contributed by atoms with E-state index in [0.717, 1.165) is 51.4 Å². The number of carbonyl (C=O) groups excluding carboxylic acids is 2. The third kappa shape index (κ3) is 41.6. The topological polar surface area (TPSA) is 108 Å². The van der Waals surface area contributed by atoms with Crippen molar-refractivity contribution in [2.24, 2.45) is 0 Å². The molecule has 0 saturated carbocycles. The molecule has 0 saturated heterocycles. The minimum atomic E-state index is -4.42. The summed E-state index contributed by atoms with van der Waals surface area (Å²) >= 11 is 0. The Labute approximate surface area is 345 Å².